The zero-order chi connectivity index (χ0) is 21.2. The Morgan fingerprint density at radius 1 is 0.581 bits per heavy atom. The fourth-order valence-corrected chi connectivity index (χ4v) is 4.90. The van der Waals surface area contributed by atoms with Crippen LogP contribution in [0.4, 0.5) is 0 Å². The first-order valence-electron chi connectivity index (χ1n) is 11.2. The summed E-state index contributed by atoms with van der Waals surface area (Å²) in [5.74, 6) is 0. The number of fused-ring (bicyclic) bond motifs is 11. The van der Waals surface area contributed by atoms with E-state index < -0.39 is 0 Å². The Bertz CT molecular complexity index is 1110. The van der Waals surface area contributed by atoms with Crippen LogP contribution in [0, 0.1) is 13.8 Å². The van der Waals surface area contributed by atoms with Gasteiger partial charge in [0.1, 0.15) is 0 Å². The van der Waals surface area contributed by atoms with Crippen LogP contribution < -0.4 is 0 Å². The summed E-state index contributed by atoms with van der Waals surface area (Å²) < 4.78 is 22.1. The van der Waals surface area contributed by atoms with E-state index >= 15 is 0 Å². The SMILES string of the molecule is Cc1c2c3ccccn3c1-c1c(C)c(c3ccccn13)CCOCCOCCOCC2. The first-order valence-corrected chi connectivity index (χ1v) is 11.2. The molecule has 1 aliphatic rings. The van der Waals surface area contributed by atoms with E-state index in [1.54, 1.807) is 0 Å². The molecule has 5 rings (SSSR count). The molecule has 31 heavy (non-hydrogen) atoms. The zero-order valence-electron chi connectivity index (χ0n) is 18.4. The van der Waals surface area contributed by atoms with Gasteiger partial charge >= 0.3 is 0 Å². The van der Waals surface area contributed by atoms with Crippen molar-refractivity contribution in [1.82, 2.24) is 8.80 Å². The third-order valence-electron chi connectivity index (χ3n) is 6.40. The fraction of sp³-hybridized carbons (Fsp3) is 0.385. The minimum absolute atomic E-state index is 0.607. The van der Waals surface area contributed by atoms with Crippen LogP contribution in [0.3, 0.4) is 0 Å². The van der Waals surface area contributed by atoms with Crippen molar-refractivity contribution in [3.63, 3.8) is 0 Å². The van der Waals surface area contributed by atoms with Gasteiger partial charge in [0.15, 0.2) is 0 Å². The number of pyridine rings is 2. The molecule has 4 bridgehead atoms. The highest BCUT2D eigenvalue weighted by Gasteiger charge is 2.23. The number of nitrogens with zero attached hydrogens (tertiary/aromatic N) is 2. The lowest BCUT2D eigenvalue weighted by Crippen LogP contribution is -2.11. The van der Waals surface area contributed by atoms with Gasteiger partial charge in [-0.2, -0.15) is 0 Å². The molecule has 0 unspecified atom stereocenters. The van der Waals surface area contributed by atoms with E-state index in [1.165, 1.54) is 44.7 Å². The van der Waals surface area contributed by atoms with Crippen molar-refractivity contribution in [1.29, 1.82) is 0 Å². The van der Waals surface area contributed by atoms with E-state index in [-0.39, 0.29) is 0 Å². The Morgan fingerprint density at radius 3 is 1.45 bits per heavy atom. The summed E-state index contributed by atoms with van der Waals surface area (Å²) in [4.78, 5) is 0. The molecule has 0 saturated heterocycles. The Hall–Kier alpha value is -2.60. The monoisotopic (exact) mass is 418 g/mol. The quantitative estimate of drug-likeness (QED) is 0.418. The predicted octanol–water partition coefficient (Wildman–Crippen LogP) is 4.62. The summed E-state index contributed by atoms with van der Waals surface area (Å²) in [6.45, 7) is 8.32. The van der Waals surface area contributed by atoms with Gasteiger partial charge < -0.3 is 23.0 Å². The molecule has 0 radical (unpaired) electrons. The number of rotatable bonds is 0. The second-order valence-corrected chi connectivity index (χ2v) is 8.15. The van der Waals surface area contributed by atoms with Gasteiger partial charge in [0.25, 0.3) is 0 Å². The lowest BCUT2D eigenvalue weighted by atomic mass is 10.0. The Balaban J connectivity index is 1.71. The van der Waals surface area contributed by atoms with E-state index in [0.717, 1.165) is 12.8 Å². The predicted molar refractivity (Wildman–Crippen MR) is 123 cm³/mol. The van der Waals surface area contributed by atoms with E-state index in [4.69, 9.17) is 14.2 Å². The Labute approximate surface area is 183 Å². The van der Waals surface area contributed by atoms with Gasteiger partial charge in [0, 0.05) is 23.4 Å². The van der Waals surface area contributed by atoms with E-state index in [9.17, 15) is 0 Å². The van der Waals surface area contributed by atoms with Crippen molar-refractivity contribution < 1.29 is 14.2 Å². The molecule has 5 nitrogen and oxygen atoms in total. The lowest BCUT2D eigenvalue weighted by molar-refractivity contribution is 0.0157. The van der Waals surface area contributed by atoms with Gasteiger partial charge in [-0.05, 0) is 73.2 Å². The summed E-state index contributed by atoms with van der Waals surface area (Å²) in [6.07, 6.45) is 6.13. The Kier molecular flexibility index (Phi) is 5.81. The molecule has 0 fully saturated rings. The molecule has 4 aromatic heterocycles. The normalized spacial score (nSPS) is 16.6. The van der Waals surface area contributed by atoms with E-state index in [0.29, 0.717) is 39.6 Å². The molecule has 162 valence electrons. The maximum atomic E-state index is 5.87. The van der Waals surface area contributed by atoms with Crippen LogP contribution in [-0.2, 0) is 27.1 Å². The Morgan fingerprint density at radius 2 is 1.00 bits per heavy atom. The molecule has 0 amide bonds. The highest BCUT2D eigenvalue weighted by Crippen LogP contribution is 2.37. The zero-order valence-corrected chi connectivity index (χ0v) is 18.4. The molecular formula is C26H30N2O3. The molecule has 5 heterocycles. The topological polar surface area (TPSA) is 36.5 Å². The maximum absolute atomic E-state index is 5.87. The second-order valence-electron chi connectivity index (χ2n) is 8.15. The van der Waals surface area contributed by atoms with Gasteiger partial charge in [-0.3, -0.25) is 0 Å². The van der Waals surface area contributed by atoms with Crippen molar-refractivity contribution in [3.05, 3.63) is 71.0 Å². The first kappa shape index (κ1) is 20.3. The van der Waals surface area contributed by atoms with Gasteiger partial charge in [0.05, 0.1) is 51.0 Å². The summed E-state index contributed by atoms with van der Waals surface area (Å²) in [7, 11) is 0. The summed E-state index contributed by atoms with van der Waals surface area (Å²) in [5.41, 5.74) is 10.4. The maximum Gasteiger partial charge on any atom is 0.0732 e. The highest BCUT2D eigenvalue weighted by atomic mass is 16.5. The number of hydrogen-bond donors (Lipinski definition) is 0. The largest absolute Gasteiger partial charge is 0.379 e. The first-order chi connectivity index (χ1) is 15.3. The van der Waals surface area contributed by atoms with Gasteiger partial charge in [-0.25, -0.2) is 0 Å². The standard InChI is InChI=1S/C26H30N2O3/c1-19-21-9-13-29-15-17-31-18-16-30-14-10-22-20(2)26(28-12-6-4-8-24(22)28)25(19)27-11-5-3-7-23(21)27/h3-8,11-12H,9-10,13-18H2,1-2H3. The van der Waals surface area contributed by atoms with Crippen molar-refractivity contribution in [2.75, 3.05) is 39.6 Å². The molecule has 0 aliphatic carbocycles. The van der Waals surface area contributed by atoms with Crippen LogP contribution in [0.1, 0.15) is 22.3 Å². The summed E-state index contributed by atoms with van der Waals surface area (Å²) >= 11 is 0. The molecule has 5 heteroatoms. The molecule has 0 spiro atoms. The van der Waals surface area contributed by atoms with Crippen molar-refractivity contribution in [2.45, 2.75) is 26.7 Å². The van der Waals surface area contributed by atoms with E-state index in [2.05, 4.69) is 71.4 Å². The minimum atomic E-state index is 0.607. The lowest BCUT2D eigenvalue weighted by Gasteiger charge is -2.08. The van der Waals surface area contributed by atoms with Gasteiger partial charge in [-0.1, -0.05) is 12.1 Å². The fourth-order valence-electron chi connectivity index (χ4n) is 4.90. The van der Waals surface area contributed by atoms with Crippen LogP contribution in [0.15, 0.2) is 48.8 Å². The molecular weight excluding hydrogens is 388 g/mol. The van der Waals surface area contributed by atoms with Crippen LogP contribution in [0.5, 0.6) is 0 Å². The van der Waals surface area contributed by atoms with Gasteiger partial charge in [-0.15, -0.1) is 0 Å². The smallest absolute Gasteiger partial charge is 0.0732 e. The average Bonchev–Trinajstić information content (AvgIpc) is 3.22. The number of ether oxygens (including phenoxy) is 3. The third-order valence-corrected chi connectivity index (χ3v) is 6.40. The summed E-state index contributed by atoms with van der Waals surface area (Å²) in [5, 5.41) is 0. The molecule has 0 atom stereocenters. The van der Waals surface area contributed by atoms with Crippen LogP contribution in [-0.4, -0.2) is 48.4 Å². The minimum Gasteiger partial charge on any atom is -0.379 e. The van der Waals surface area contributed by atoms with Gasteiger partial charge in [0.2, 0.25) is 0 Å². The van der Waals surface area contributed by atoms with Crippen LogP contribution in [0.25, 0.3) is 22.4 Å². The molecule has 4 aromatic rings. The van der Waals surface area contributed by atoms with Crippen molar-refractivity contribution >= 4 is 11.0 Å². The number of hydrogen-bond acceptors (Lipinski definition) is 3. The molecule has 1 aliphatic heterocycles. The molecule has 0 saturated carbocycles. The van der Waals surface area contributed by atoms with Crippen molar-refractivity contribution in [2.24, 2.45) is 0 Å². The average molecular weight is 419 g/mol. The highest BCUT2D eigenvalue weighted by molar-refractivity contribution is 5.81. The third kappa shape index (κ3) is 3.67. The number of aromatic nitrogens is 2. The van der Waals surface area contributed by atoms with Crippen molar-refractivity contribution in [3.8, 4) is 11.4 Å². The van der Waals surface area contributed by atoms with Crippen LogP contribution >= 0.6 is 0 Å². The second kappa shape index (κ2) is 8.87. The molecule has 0 N–H and O–H groups in total. The summed E-state index contributed by atoms with van der Waals surface area (Å²) in [6, 6.07) is 12.9. The van der Waals surface area contributed by atoms with E-state index in [1.807, 2.05) is 0 Å². The van der Waals surface area contributed by atoms with Crippen LogP contribution in [0.2, 0.25) is 0 Å². The molecule has 0 aromatic carbocycles.